The van der Waals surface area contributed by atoms with E-state index in [1.54, 1.807) is 6.92 Å². The largest absolute Gasteiger partial charge is 0.317 e. The van der Waals surface area contributed by atoms with Crippen molar-refractivity contribution in [3.05, 3.63) is 0 Å². The van der Waals surface area contributed by atoms with E-state index < -0.39 is 9.84 Å². The summed E-state index contributed by atoms with van der Waals surface area (Å²) in [4.78, 5) is 0. The lowest BCUT2D eigenvalue weighted by Crippen LogP contribution is -2.32. The van der Waals surface area contributed by atoms with Gasteiger partial charge in [0, 0.05) is 5.75 Å². The predicted molar refractivity (Wildman–Crippen MR) is 75.1 cm³/mol. The average Bonchev–Trinajstić information content (AvgIpc) is 2.21. The first-order valence-corrected chi connectivity index (χ1v) is 8.46. The summed E-state index contributed by atoms with van der Waals surface area (Å²) in [5.74, 6) is 1.14. The molecule has 1 unspecified atom stereocenters. The monoisotopic (exact) mass is 263 g/mol. The maximum atomic E-state index is 11.4. The van der Waals surface area contributed by atoms with E-state index in [2.05, 4.69) is 33.0 Å². The van der Waals surface area contributed by atoms with Crippen LogP contribution in [-0.2, 0) is 9.84 Å². The van der Waals surface area contributed by atoms with Crippen LogP contribution in [0.2, 0.25) is 0 Å². The molecule has 0 bridgehead atoms. The van der Waals surface area contributed by atoms with E-state index in [0.717, 1.165) is 25.9 Å². The van der Waals surface area contributed by atoms with Crippen LogP contribution in [0.1, 0.15) is 47.5 Å². The molecule has 0 aliphatic rings. The fraction of sp³-hybridized carbons (Fsp3) is 1.00. The molecule has 0 aliphatic heterocycles. The van der Waals surface area contributed by atoms with Crippen molar-refractivity contribution in [3.8, 4) is 0 Å². The van der Waals surface area contributed by atoms with Gasteiger partial charge in [-0.05, 0) is 37.3 Å². The Balaban J connectivity index is 4.18. The molecule has 17 heavy (non-hydrogen) atoms. The van der Waals surface area contributed by atoms with Gasteiger partial charge in [-0.15, -0.1) is 0 Å². The first kappa shape index (κ1) is 16.9. The van der Waals surface area contributed by atoms with Crippen molar-refractivity contribution in [2.24, 2.45) is 11.3 Å². The number of rotatable bonds is 8. The molecule has 0 heterocycles. The minimum atomic E-state index is -2.80. The molecule has 104 valence electrons. The maximum absolute atomic E-state index is 11.4. The molecule has 0 saturated heterocycles. The van der Waals surface area contributed by atoms with E-state index >= 15 is 0 Å². The fourth-order valence-electron chi connectivity index (χ4n) is 1.85. The lowest BCUT2D eigenvalue weighted by Gasteiger charge is -2.31. The molecule has 0 rings (SSSR count). The minimum Gasteiger partial charge on any atom is -0.317 e. The molecule has 3 nitrogen and oxygen atoms in total. The van der Waals surface area contributed by atoms with Crippen LogP contribution in [0.15, 0.2) is 0 Å². The molecule has 4 heteroatoms. The Bertz CT molecular complexity index is 291. The first-order chi connectivity index (χ1) is 7.73. The molecule has 0 spiro atoms. The average molecular weight is 263 g/mol. The van der Waals surface area contributed by atoms with Crippen molar-refractivity contribution in [2.75, 3.05) is 24.6 Å². The highest BCUT2D eigenvalue weighted by atomic mass is 32.2. The maximum Gasteiger partial charge on any atom is 0.150 e. The zero-order chi connectivity index (χ0) is 13.5. The van der Waals surface area contributed by atoms with E-state index in [1.807, 2.05) is 0 Å². The van der Waals surface area contributed by atoms with Gasteiger partial charge < -0.3 is 5.32 Å². The standard InChI is InChI=1S/C13H29NO2S/c1-6-14-11-12(13(3,4)5)9-8-10-17(15,16)7-2/h12,14H,6-11H2,1-5H3. The summed E-state index contributed by atoms with van der Waals surface area (Å²) in [5, 5.41) is 3.37. The van der Waals surface area contributed by atoms with Gasteiger partial charge in [-0.25, -0.2) is 8.42 Å². The van der Waals surface area contributed by atoms with Crippen LogP contribution < -0.4 is 5.32 Å². The van der Waals surface area contributed by atoms with Gasteiger partial charge in [-0.3, -0.25) is 0 Å². The molecule has 1 N–H and O–H groups in total. The van der Waals surface area contributed by atoms with Crippen LogP contribution in [0, 0.1) is 11.3 Å². The van der Waals surface area contributed by atoms with Crippen LogP contribution >= 0.6 is 0 Å². The third-order valence-corrected chi connectivity index (χ3v) is 5.10. The Kier molecular flexibility index (Phi) is 7.33. The van der Waals surface area contributed by atoms with Gasteiger partial charge in [0.1, 0.15) is 9.84 Å². The van der Waals surface area contributed by atoms with E-state index in [0.29, 0.717) is 11.7 Å². The van der Waals surface area contributed by atoms with Gasteiger partial charge in [0.25, 0.3) is 0 Å². The third-order valence-electron chi connectivity index (χ3n) is 3.31. The van der Waals surface area contributed by atoms with Crippen LogP contribution in [-0.4, -0.2) is 33.0 Å². The molecule has 0 aromatic heterocycles. The molecule has 1 atom stereocenters. The number of nitrogens with one attached hydrogen (secondary N) is 1. The van der Waals surface area contributed by atoms with Gasteiger partial charge in [0.05, 0.1) is 5.75 Å². The highest BCUT2D eigenvalue weighted by Crippen LogP contribution is 2.29. The molecule has 0 amide bonds. The fourth-order valence-corrected chi connectivity index (χ4v) is 2.75. The Morgan fingerprint density at radius 1 is 1.18 bits per heavy atom. The van der Waals surface area contributed by atoms with Crippen LogP contribution in [0.25, 0.3) is 0 Å². The van der Waals surface area contributed by atoms with Crippen molar-refractivity contribution in [3.63, 3.8) is 0 Å². The Labute approximate surface area is 107 Å². The van der Waals surface area contributed by atoms with Crippen LogP contribution in [0.5, 0.6) is 0 Å². The summed E-state index contributed by atoms with van der Waals surface area (Å²) in [6.07, 6.45) is 1.76. The Hall–Kier alpha value is -0.0900. The molecule has 0 aliphatic carbocycles. The van der Waals surface area contributed by atoms with Crippen molar-refractivity contribution >= 4 is 9.84 Å². The molecular formula is C13H29NO2S. The van der Waals surface area contributed by atoms with E-state index in [4.69, 9.17) is 0 Å². The molecular weight excluding hydrogens is 234 g/mol. The third kappa shape index (κ3) is 7.77. The van der Waals surface area contributed by atoms with Gasteiger partial charge >= 0.3 is 0 Å². The molecule has 0 saturated carbocycles. The summed E-state index contributed by atoms with van der Waals surface area (Å²) < 4.78 is 22.9. The Morgan fingerprint density at radius 2 is 1.76 bits per heavy atom. The minimum absolute atomic E-state index is 0.234. The number of sulfone groups is 1. The van der Waals surface area contributed by atoms with Crippen molar-refractivity contribution in [1.29, 1.82) is 0 Å². The van der Waals surface area contributed by atoms with Crippen LogP contribution in [0.4, 0.5) is 0 Å². The van der Waals surface area contributed by atoms with E-state index in [9.17, 15) is 8.42 Å². The normalized spacial score (nSPS) is 14.9. The summed E-state index contributed by atoms with van der Waals surface area (Å²) in [6, 6.07) is 0. The Morgan fingerprint density at radius 3 is 2.18 bits per heavy atom. The highest BCUT2D eigenvalue weighted by Gasteiger charge is 2.24. The quantitative estimate of drug-likeness (QED) is 0.732. The topological polar surface area (TPSA) is 46.2 Å². The molecule has 0 radical (unpaired) electrons. The zero-order valence-corrected chi connectivity index (χ0v) is 12.9. The second kappa shape index (κ2) is 7.37. The van der Waals surface area contributed by atoms with Crippen molar-refractivity contribution < 1.29 is 8.42 Å². The number of hydrogen-bond acceptors (Lipinski definition) is 3. The van der Waals surface area contributed by atoms with Gasteiger partial charge in [0.15, 0.2) is 0 Å². The summed E-state index contributed by atoms with van der Waals surface area (Å²) >= 11 is 0. The van der Waals surface area contributed by atoms with Gasteiger partial charge in [0.2, 0.25) is 0 Å². The smallest absolute Gasteiger partial charge is 0.150 e. The van der Waals surface area contributed by atoms with Crippen molar-refractivity contribution in [2.45, 2.75) is 47.5 Å². The van der Waals surface area contributed by atoms with Crippen LogP contribution in [0.3, 0.4) is 0 Å². The predicted octanol–water partition coefficient (Wildman–Crippen LogP) is 2.47. The zero-order valence-electron chi connectivity index (χ0n) is 12.0. The molecule has 0 aromatic carbocycles. The summed E-state index contributed by atoms with van der Waals surface area (Å²) in [6.45, 7) is 12.4. The lowest BCUT2D eigenvalue weighted by atomic mass is 9.78. The SMILES string of the molecule is CCNCC(CCCS(=O)(=O)CC)C(C)(C)C. The first-order valence-electron chi connectivity index (χ1n) is 6.64. The van der Waals surface area contributed by atoms with E-state index in [1.165, 1.54) is 0 Å². The molecule has 0 fully saturated rings. The highest BCUT2D eigenvalue weighted by molar-refractivity contribution is 7.91. The van der Waals surface area contributed by atoms with E-state index in [-0.39, 0.29) is 11.2 Å². The second-order valence-corrected chi connectivity index (χ2v) is 8.22. The number of hydrogen-bond donors (Lipinski definition) is 1. The second-order valence-electron chi connectivity index (χ2n) is 5.75. The van der Waals surface area contributed by atoms with Gasteiger partial charge in [-0.2, -0.15) is 0 Å². The molecule has 0 aromatic rings. The summed E-state index contributed by atoms with van der Waals surface area (Å²) in [5.41, 5.74) is 0.234. The lowest BCUT2D eigenvalue weighted by molar-refractivity contribution is 0.218. The van der Waals surface area contributed by atoms with Crippen molar-refractivity contribution in [1.82, 2.24) is 5.32 Å². The van der Waals surface area contributed by atoms with Gasteiger partial charge in [-0.1, -0.05) is 34.6 Å². The summed E-state index contributed by atoms with van der Waals surface area (Å²) in [7, 11) is -2.80.